The lowest BCUT2D eigenvalue weighted by Crippen LogP contribution is -2.35. The monoisotopic (exact) mass is 499 g/mol. The molecule has 9 heteroatoms. The topological polar surface area (TPSA) is 69.7 Å². The predicted molar refractivity (Wildman–Crippen MR) is 137 cm³/mol. The highest BCUT2D eigenvalue weighted by Crippen LogP contribution is 2.44. The van der Waals surface area contributed by atoms with Gasteiger partial charge in [0.05, 0.1) is 26.9 Å². The van der Waals surface area contributed by atoms with Crippen LogP contribution in [0.25, 0.3) is 5.57 Å². The number of carbonyl (C=O) groups excluding carboxylic acids is 3. The maximum atomic E-state index is 13.5. The summed E-state index contributed by atoms with van der Waals surface area (Å²) in [6, 6.07) is 14.1. The molecular weight excluding hydrogens is 478 g/mol. The van der Waals surface area contributed by atoms with Crippen LogP contribution in [0.3, 0.4) is 0 Å². The number of nitrogens with zero attached hydrogens (tertiary/aromatic N) is 2. The molecule has 4 rings (SSSR count). The first-order valence-electron chi connectivity index (χ1n) is 10.7. The van der Waals surface area contributed by atoms with Crippen molar-refractivity contribution in [1.82, 2.24) is 4.90 Å². The molecule has 0 bridgehead atoms. The highest BCUT2D eigenvalue weighted by Gasteiger charge is 2.42. The second kappa shape index (κ2) is 10.1. The van der Waals surface area contributed by atoms with E-state index in [9.17, 15) is 14.4 Å². The molecule has 6 nitrogen and oxygen atoms in total. The van der Waals surface area contributed by atoms with E-state index in [-0.39, 0.29) is 24.3 Å². The molecule has 2 aliphatic heterocycles. The Labute approximate surface area is 207 Å². The highest BCUT2D eigenvalue weighted by atomic mass is 35.5. The maximum Gasteiger partial charge on any atom is 0.267 e. The molecule has 1 N–H and O–H groups in total. The molecule has 0 spiro atoms. The van der Waals surface area contributed by atoms with Crippen LogP contribution in [0.2, 0.25) is 5.02 Å². The molecule has 1 fully saturated rings. The van der Waals surface area contributed by atoms with Crippen LogP contribution in [-0.4, -0.2) is 40.0 Å². The van der Waals surface area contributed by atoms with Crippen molar-refractivity contribution in [1.29, 1.82) is 0 Å². The summed E-state index contributed by atoms with van der Waals surface area (Å²) in [7, 11) is 0. The standard InChI is InChI=1S/C24H22ClN3O3S2/c1-2-3-8-13-27-23(31)21(33-24(27)32)20-15-9-4-7-12-18(15)28(22(20)30)14-19(29)26-17-11-6-5-10-16(17)25/h4-7,9-12H,2-3,8,13-14H2,1H3,(H,26,29). The largest absolute Gasteiger partial charge is 0.323 e. The van der Waals surface area contributed by atoms with Crippen molar-refractivity contribution in [3.05, 3.63) is 64.0 Å². The summed E-state index contributed by atoms with van der Waals surface area (Å²) in [5, 5.41) is 3.15. The van der Waals surface area contributed by atoms with E-state index in [1.165, 1.54) is 4.90 Å². The van der Waals surface area contributed by atoms with E-state index in [0.717, 1.165) is 31.0 Å². The van der Waals surface area contributed by atoms with E-state index >= 15 is 0 Å². The molecule has 0 saturated carbocycles. The van der Waals surface area contributed by atoms with Gasteiger partial charge in [-0.25, -0.2) is 0 Å². The molecule has 2 aliphatic rings. The Morgan fingerprint density at radius 2 is 1.76 bits per heavy atom. The van der Waals surface area contributed by atoms with E-state index in [1.54, 1.807) is 53.4 Å². The minimum Gasteiger partial charge on any atom is -0.323 e. The Kier molecular flexibility index (Phi) is 7.17. The number of anilines is 2. The van der Waals surface area contributed by atoms with Gasteiger partial charge in [-0.1, -0.05) is 85.7 Å². The molecule has 2 heterocycles. The molecule has 2 aromatic rings. The van der Waals surface area contributed by atoms with Gasteiger partial charge >= 0.3 is 0 Å². The van der Waals surface area contributed by atoms with Crippen LogP contribution in [-0.2, 0) is 14.4 Å². The van der Waals surface area contributed by atoms with Crippen molar-refractivity contribution in [3.8, 4) is 0 Å². The number of para-hydroxylation sites is 2. The Morgan fingerprint density at radius 1 is 1.03 bits per heavy atom. The van der Waals surface area contributed by atoms with Crippen LogP contribution in [0, 0.1) is 0 Å². The molecule has 0 unspecified atom stereocenters. The molecular formula is C24H22ClN3O3S2. The Hall–Kier alpha value is -2.68. The number of hydrogen-bond acceptors (Lipinski definition) is 5. The first kappa shape index (κ1) is 23.5. The first-order chi connectivity index (χ1) is 15.9. The summed E-state index contributed by atoms with van der Waals surface area (Å²) in [5.74, 6) is -1.03. The number of rotatable bonds is 7. The van der Waals surface area contributed by atoms with Crippen LogP contribution >= 0.6 is 35.6 Å². The minimum absolute atomic E-state index is 0.207. The second-order valence-electron chi connectivity index (χ2n) is 7.67. The molecule has 0 aliphatic carbocycles. The minimum atomic E-state index is -0.389. The molecule has 170 valence electrons. The number of carbonyl (C=O) groups is 3. The molecule has 0 aromatic heterocycles. The summed E-state index contributed by atoms with van der Waals surface area (Å²) >= 11 is 12.7. The normalized spacial score (nSPS) is 17.7. The van der Waals surface area contributed by atoms with Crippen molar-refractivity contribution in [2.75, 3.05) is 23.3 Å². The number of fused-ring (bicyclic) bond motifs is 1. The molecule has 2 aromatic carbocycles. The fourth-order valence-electron chi connectivity index (χ4n) is 3.81. The number of thiocarbonyl (C=S) groups is 1. The van der Waals surface area contributed by atoms with Gasteiger partial charge in [0, 0.05) is 12.1 Å². The van der Waals surface area contributed by atoms with Crippen LogP contribution < -0.4 is 10.2 Å². The van der Waals surface area contributed by atoms with Gasteiger partial charge in [0.1, 0.15) is 10.9 Å². The number of amides is 3. The Morgan fingerprint density at radius 3 is 2.52 bits per heavy atom. The lowest BCUT2D eigenvalue weighted by atomic mass is 10.1. The Bertz CT molecular complexity index is 1180. The summed E-state index contributed by atoms with van der Waals surface area (Å²) in [5.41, 5.74) is 1.98. The van der Waals surface area contributed by atoms with Crippen molar-refractivity contribution < 1.29 is 14.4 Å². The number of unbranched alkanes of at least 4 members (excludes halogenated alkanes) is 2. The summed E-state index contributed by atoms with van der Waals surface area (Å²) < 4.78 is 0.457. The fourth-order valence-corrected chi connectivity index (χ4v) is 5.38. The average molecular weight is 500 g/mol. The zero-order valence-electron chi connectivity index (χ0n) is 18.0. The third kappa shape index (κ3) is 4.69. The zero-order chi connectivity index (χ0) is 23.5. The van der Waals surface area contributed by atoms with Gasteiger partial charge in [0.25, 0.3) is 11.8 Å². The molecule has 1 saturated heterocycles. The summed E-state index contributed by atoms with van der Waals surface area (Å²) in [6.07, 6.45) is 2.89. The number of halogens is 1. The predicted octanol–water partition coefficient (Wildman–Crippen LogP) is 5.09. The molecule has 3 amide bonds. The van der Waals surface area contributed by atoms with Gasteiger partial charge in [0.15, 0.2) is 0 Å². The number of hydrogen-bond donors (Lipinski definition) is 1. The smallest absolute Gasteiger partial charge is 0.267 e. The fraction of sp³-hybridized carbons (Fsp3) is 0.250. The van der Waals surface area contributed by atoms with Crippen molar-refractivity contribution in [2.24, 2.45) is 0 Å². The first-order valence-corrected chi connectivity index (χ1v) is 12.3. The average Bonchev–Trinajstić information content (AvgIpc) is 3.23. The van der Waals surface area contributed by atoms with Crippen molar-refractivity contribution in [2.45, 2.75) is 26.2 Å². The van der Waals surface area contributed by atoms with Crippen LogP contribution in [0.4, 0.5) is 11.4 Å². The lowest BCUT2D eigenvalue weighted by Gasteiger charge is -2.17. The van der Waals surface area contributed by atoms with E-state index in [4.69, 9.17) is 23.8 Å². The van der Waals surface area contributed by atoms with Crippen LogP contribution in [0.15, 0.2) is 53.4 Å². The molecule has 0 atom stereocenters. The van der Waals surface area contributed by atoms with Gasteiger partial charge in [0.2, 0.25) is 5.91 Å². The molecule has 33 heavy (non-hydrogen) atoms. The number of benzene rings is 2. The number of thioether (sulfide) groups is 1. The van der Waals surface area contributed by atoms with Crippen LogP contribution in [0.1, 0.15) is 31.7 Å². The summed E-state index contributed by atoms with van der Waals surface area (Å²) in [6.45, 7) is 2.42. The van der Waals surface area contributed by atoms with Gasteiger partial charge in [-0.3, -0.25) is 24.2 Å². The van der Waals surface area contributed by atoms with Gasteiger partial charge in [-0.2, -0.15) is 0 Å². The molecule has 0 radical (unpaired) electrons. The van der Waals surface area contributed by atoms with Gasteiger partial charge in [-0.05, 0) is 24.6 Å². The van der Waals surface area contributed by atoms with E-state index in [0.29, 0.717) is 43.3 Å². The zero-order valence-corrected chi connectivity index (χ0v) is 20.4. The van der Waals surface area contributed by atoms with Crippen LogP contribution in [0.5, 0.6) is 0 Å². The van der Waals surface area contributed by atoms with Gasteiger partial charge in [-0.15, -0.1) is 0 Å². The Balaban J connectivity index is 1.61. The van der Waals surface area contributed by atoms with Gasteiger partial charge < -0.3 is 5.32 Å². The van der Waals surface area contributed by atoms with E-state index in [2.05, 4.69) is 12.2 Å². The third-order valence-electron chi connectivity index (χ3n) is 5.43. The quantitative estimate of drug-likeness (QED) is 0.326. The summed E-state index contributed by atoms with van der Waals surface area (Å²) in [4.78, 5) is 42.6. The highest BCUT2D eigenvalue weighted by molar-refractivity contribution is 8.26. The van der Waals surface area contributed by atoms with Crippen molar-refractivity contribution in [3.63, 3.8) is 0 Å². The number of nitrogens with one attached hydrogen (secondary N) is 1. The second-order valence-corrected chi connectivity index (χ2v) is 9.72. The third-order valence-corrected chi connectivity index (χ3v) is 7.21. The van der Waals surface area contributed by atoms with E-state index < -0.39 is 0 Å². The van der Waals surface area contributed by atoms with E-state index in [1.807, 2.05) is 0 Å². The lowest BCUT2D eigenvalue weighted by molar-refractivity contribution is -0.122. The van der Waals surface area contributed by atoms with Crippen molar-refractivity contribution >= 4 is 74.6 Å². The maximum absolute atomic E-state index is 13.5. The SMILES string of the molecule is CCCCCN1C(=O)C(=C2C(=O)N(CC(=O)Nc3ccccc3Cl)c3ccccc32)SC1=S.